The summed E-state index contributed by atoms with van der Waals surface area (Å²) < 4.78 is 26.7. The Labute approximate surface area is 165 Å². The number of carbonyl (C=O) groups is 1. The quantitative estimate of drug-likeness (QED) is 0.685. The summed E-state index contributed by atoms with van der Waals surface area (Å²) in [7, 11) is -2.02. The normalized spacial score (nSPS) is 11.4. The number of hydrogen-bond donors (Lipinski definition) is 1. The second-order valence-electron chi connectivity index (χ2n) is 6.59. The van der Waals surface area contributed by atoms with Crippen LogP contribution in [0.3, 0.4) is 0 Å². The van der Waals surface area contributed by atoms with Crippen molar-refractivity contribution in [2.45, 2.75) is 18.4 Å². The third-order valence-corrected chi connectivity index (χ3v) is 6.20. The summed E-state index contributed by atoms with van der Waals surface area (Å²) in [5, 5.41) is 2.82. The molecule has 0 fully saturated rings. The molecule has 3 rings (SSSR count). The molecule has 0 atom stereocenters. The second-order valence-corrected chi connectivity index (χ2v) is 8.64. The molecule has 5 nitrogen and oxygen atoms in total. The van der Waals surface area contributed by atoms with Crippen LogP contribution in [0.2, 0.25) is 0 Å². The number of sulfonamides is 1. The van der Waals surface area contributed by atoms with Crippen LogP contribution in [0.5, 0.6) is 0 Å². The van der Waals surface area contributed by atoms with Gasteiger partial charge in [-0.3, -0.25) is 4.79 Å². The van der Waals surface area contributed by atoms with E-state index in [0.29, 0.717) is 5.56 Å². The van der Waals surface area contributed by atoms with Crippen LogP contribution in [0.1, 0.15) is 21.5 Å². The number of carbonyl (C=O) groups excluding carboxylic acids is 1. The molecule has 0 aliphatic carbocycles. The Balaban J connectivity index is 1.68. The molecule has 1 N–H and O–H groups in total. The molecule has 6 heteroatoms. The van der Waals surface area contributed by atoms with E-state index in [9.17, 15) is 13.2 Å². The number of nitrogens with one attached hydrogen (secondary N) is 1. The number of rotatable bonds is 6. The lowest BCUT2D eigenvalue weighted by Crippen LogP contribution is -2.26. The van der Waals surface area contributed by atoms with Crippen molar-refractivity contribution in [3.8, 4) is 0 Å². The minimum atomic E-state index is -3.57. The van der Waals surface area contributed by atoms with Crippen LogP contribution in [0, 0.1) is 6.92 Å². The zero-order valence-electron chi connectivity index (χ0n) is 15.8. The van der Waals surface area contributed by atoms with Crippen molar-refractivity contribution < 1.29 is 13.2 Å². The van der Waals surface area contributed by atoms with Crippen molar-refractivity contribution in [2.75, 3.05) is 12.4 Å². The van der Waals surface area contributed by atoms with E-state index in [0.717, 1.165) is 16.8 Å². The Morgan fingerprint density at radius 3 is 2.11 bits per heavy atom. The highest BCUT2D eigenvalue weighted by atomic mass is 32.2. The van der Waals surface area contributed by atoms with Crippen LogP contribution in [0.15, 0.2) is 83.8 Å². The Bertz CT molecular complexity index is 1050. The molecule has 0 aromatic heterocycles. The van der Waals surface area contributed by atoms with E-state index < -0.39 is 10.0 Å². The predicted molar refractivity (Wildman–Crippen MR) is 111 cm³/mol. The molecule has 0 unspecified atom stereocenters. The third kappa shape index (κ3) is 4.65. The van der Waals surface area contributed by atoms with Crippen LogP contribution >= 0.6 is 0 Å². The molecule has 3 aromatic rings. The van der Waals surface area contributed by atoms with Crippen molar-refractivity contribution in [1.29, 1.82) is 0 Å². The average molecular weight is 394 g/mol. The molecule has 1 amide bonds. The van der Waals surface area contributed by atoms with Gasteiger partial charge in [0, 0.05) is 24.8 Å². The van der Waals surface area contributed by atoms with Gasteiger partial charge in [0.05, 0.1) is 4.90 Å². The molecule has 28 heavy (non-hydrogen) atoms. The summed E-state index contributed by atoms with van der Waals surface area (Å²) in [4.78, 5) is 12.6. The van der Waals surface area contributed by atoms with Crippen LogP contribution in [0.25, 0.3) is 0 Å². The molecule has 0 aliphatic heterocycles. The largest absolute Gasteiger partial charge is 0.322 e. The number of benzene rings is 3. The van der Waals surface area contributed by atoms with Gasteiger partial charge in [0.2, 0.25) is 10.0 Å². The summed E-state index contributed by atoms with van der Waals surface area (Å²) in [5.41, 5.74) is 3.04. The Kier molecular flexibility index (Phi) is 5.92. The minimum absolute atomic E-state index is 0.210. The Hall–Kier alpha value is -2.96. The number of amides is 1. The first-order valence-electron chi connectivity index (χ1n) is 8.84. The molecular formula is C22H22N2O3S. The summed E-state index contributed by atoms with van der Waals surface area (Å²) in [6, 6.07) is 22.9. The third-order valence-electron chi connectivity index (χ3n) is 4.38. The molecule has 3 aromatic carbocycles. The maximum atomic E-state index is 12.7. The number of para-hydroxylation sites is 1. The molecule has 0 spiro atoms. The van der Waals surface area contributed by atoms with Gasteiger partial charge in [-0.15, -0.1) is 0 Å². The zero-order chi connectivity index (χ0) is 20.1. The van der Waals surface area contributed by atoms with Gasteiger partial charge < -0.3 is 5.32 Å². The topological polar surface area (TPSA) is 66.5 Å². The fourth-order valence-corrected chi connectivity index (χ4v) is 3.88. The first-order chi connectivity index (χ1) is 13.4. The van der Waals surface area contributed by atoms with Gasteiger partial charge in [-0.25, -0.2) is 8.42 Å². The summed E-state index contributed by atoms with van der Waals surface area (Å²) >= 11 is 0. The highest BCUT2D eigenvalue weighted by Crippen LogP contribution is 2.18. The lowest BCUT2D eigenvalue weighted by atomic mass is 10.1. The van der Waals surface area contributed by atoms with Crippen LogP contribution in [0.4, 0.5) is 5.69 Å². The van der Waals surface area contributed by atoms with Crippen molar-refractivity contribution in [3.63, 3.8) is 0 Å². The van der Waals surface area contributed by atoms with Crippen LogP contribution in [-0.4, -0.2) is 25.7 Å². The van der Waals surface area contributed by atoms with Crippen molar-refractivity contribution >= 4 is 21.6 Å². The Morgan fingerprint density at radius 2 is 1.50 bits per heavy atom. The molecule has 0 aliphatic rings. The van der Waals surface area contributed by atoms with E-state index in [4.69, 9.17) is 0 Å². The van der Waals surface area contributed by atoms with Gasteiger partial charge in [-0.05, 0) is 48.9 Å². The van der Waals surface area contributed by atoms with Crippen LogP contribution < -0.4 is 5.32 Å². The number of nitrogens with zero attached hydrogens (tertiary/aromatic N) is 1. The minimum Gasteiger partial charge on any atom is -0.322 e. The number of hydrogen-bond acceptors (Lipinski definition) is 3. The monoisotopic (exact) mass is 394 g/mol. The number of aryl methyl sites for hydroxylation is 1. The highest BCUT2D eigenvalue weighted by Gasteiger charge is 2.20. The second kappa shape index (κ2) is 8.37. The van der Waals surface area contributed by atoms with Gasteiger partial charge in [0.25, 0.3) is 5.91 Å². The summed E-state index contributed by atoms with van der Waals surface area (Å²) in [6.45, 7) is 2.13. The number of anilines is 1. The van der Waals surface area contributed by atoms with Crippen molar-refractivity contribution in [3.05, 3.63) is 95.6 Å². The molecule has 144 valence electrons. The van der Waals surface area contributed by atoms with Gasteiger partial charge in [-0.1, -0.05) is 48.0 Å². The molecular weight excluding hydrogens is 372 g/mol. The van der Waals surface area contributed by atoms with Crippen molar-refractivity contribution in [2.24, 2.45) is 0 Å². The van der Waals surface area contributed by atoms with Gasteiger partial charge in [-0.2, -0.15) is 4.31 Å². The van der Waals surface area contributed by atoms with Gasteiger partial charge >= 0.3 is 0 Å². The first kappa shape index (κ1) is 19.8. The zero-order valence-corrected chi connectivity index (χ0v) is 16.6. The summed E-state index contributed by atoms with van der Waals surface area (Å²) in [6.07, 6.45) is 0. The SMILES string of the molecule is Cc1ccc(S(=O)(=O)N(C)Cc2ccc(C(=O)Nc3ccccc3)cc2)cc1. The van der Waals surface area contributed by atoms with E-state index in [1.165, 1.54) is 4.31 Å². The molecule has 0 radical (unpaired) electrons. The van der Waals surface area contributed by atoms with E-state index in [1.54, 1.807) is 55.6 Å². The van der Waals surface area contributed by atoms with Gasteiger partial charge in [0.1, 0.15) is 0 Å². The highest BCUT2D eigenvalue weighted by molar-refractivity contribution is 7.89. The lowest BCUT2D eigenvalue weighted by Gasteiger charge is -2.17. The molecule has 0 bridgehead atoms. The molecule has 0 heterocycles. The molecule has 0 saturated carbocycles. The summed E-state index contributed by atoms with van der Waals surface area (Å²) in [5.74, 6) is -0.210. The van der Waals surface area contributed by atoms with Gasteiger partial charge in [0.15, 0.2) is 0 Å². The maximum absolute atomic E-state index is 12.7. The smallest absolute Gasteiger partial charge is 0.255 e. The van der Waals surface area contributed by atoms with Crippen molar-refractivity contribution in [1.82, 2.24) is 4.31 Å². The first-order valence-corrected chi connectivity index (χ1v) is 10.3. The Morgan fingerprint density at radius 1 is 0.893 bits per heavy atom. The fraction of sp³-hybridized carbons (Fsp3) is 0.136. The van der Waals surface area contributed by atoms with E-state index in [2.05, 4.69) is 5.32 Å². The standard InChI is InChI=1S/C22H22N2O3S/c1-17-8-14-21(15-9-17)28(26,27)24(2)16-18-10-12-19(13-11-18)22(25)23-20-6-4-3-5-7-20/h3-15H,16H2,1-2H3,(H,23,25). The van der Waals surface area contributed by atoms with E-state index >= 15 is 0 Å². The van der Waals surface area contributed by atoms with E-state index in [-0.39, 0.29) is 17.3 Å². The lowest BCUT2D eigenvalue weighted by molar-refractivity contribution is 0.102. The predicted octanol–water partition coefficient (Wildman–Crippen LogP) is 4.07. The van der Waals surface area contributed by atoms with Crippen LogP contribution in [-0.2, 0) is 16.6 Å². The van der Waals surface area contributed by atoms with E-state index in [1.807, 2.05) is 37.3 Å². The molecule has 0 saturated heterocycles. The fourth-order valence-electron chi connectivity index (χ4n) is 2.72. The maximum Gasteiger partial charge on any atom is 0.255 e. The average Bonchev–Trinajstić information content (AvgIpc) is 2.69.